The number of hydrogen-bond acceptors (Lipinski definition) is 2. The van der Waals surface area contributed by atoms with Gasteiger partial charge in [-0.1, -0.05) is 29.8 Å². The van der Waals surface area contributed by atoms with E-state index in [4.69, 9.17) is 4.74 Å². The van der Waals surface area contributed by atoms with E-state index >= 15 is 0 Å². The zero-order chi connectivity index (χ0) is 16.1. The summed E-state index contributed by atoms with van der Waals surface area (Å²) >= 11 is 0. The molecule has 22 heavy (non-hydrogen) atoms. The van der Waals surface area contributed by atoms with Crippen molar-refractivity contribution in [1.29, 1.82) is 0 Å². The highest BCUT2D eigenvalue weighted by atomic mass is 16.5. The Bertz CT molecular complexity index is 677. The van der Waals surface area contributed by atoms with Gasteiger partial charge in [0.1, 0.15) is 6.61 Å². The first-order chi connectivity index (χ1) is 10.5. The number of amides is 1. The molecule has 0 fully saturated rings. The van der Waals surface area contributed by atoms with Crippen molar-refractivity contribution in [3.8, 4) is 0 Å². The van der Waals surface area contributed by atoms with Crippen molar-refractivity contribution in [2.75, 3.05) is 11.9 Å². The molecule has 116 valence electrons. The zero-order valence-electron chi connectivity index (χ0n) is 13.7. The fraction of sp³-hybridized carbons (Fsp3) is 0.316. The maximum absolute atomic E-state index is 11.9. The molecule has 0 radical (unpaired) electrons. The molecule has 0 saturated carbocycles. The largest absolute Gasteiger partial charge is 0.367 e. The predicted molar refractivity (Wildman–Crippen MR) is 90.1 cm³/mol. The van der Waals surface area contributed by atoms with Crippen molar-refractivity contribution < 1.29 is 9.53 Å². The number of anilines is 1. The second-order valence-electron chi connectivity index (χ2n) is 5.77. The normalized spacial score (nSPS) is 10.5. The van der Waals surface area contributed by atoms with Crippen LogP contribution in [0.2, 0.25) is 0 Å². The molecule has 2 aromatic carbocycles. The second kappa shape index (κ2) is 7.23. The molecule has 1 amide bonds. The van der Waals surface area contributed by atoms with Crippen molar-refractivity contribution in [2.45, 2.75) is 34.3 Å². The van der Waals surface area contributed by atoms with Crippen LogP contribution in [0.4, 0.5) is 5.69 Å². The van der Waals surface area contributed by atoms with E-state index < -0.39 is 0 Å². The lowest BCUT2D eigenvalue weighted by atomic mass is 10.1. The SMILES string of the molecule is Cc1ccc(COCC(=O)Nc2ccc(C)c(C)c2)c(C)c1. The lowest BCUT2D eigenvalue weighted by Gasteiger charge is -2.10. The van der Waals surface area contributed by atoms with Crippen molar-refractivity contribution in [1.82, 2.24) is 0 Å². The van der Waals surface area contributed by atoms with Crippen LogP contribution in [0.3, 0.4) is 0 Å². The summed E-state index contributed by atoms with van der Waals surface area (Å²) in [6.45, 7) is 8.71. The van der Waals surface area contributed by atoms with E-state index in [0.29, 0.717) is 6.61 Å². The standard InChI is InChI=1S/C19H23NO2/c1-13-5-7-17(16(4)9-13)11-22-12-19(21)20-18-8-6-14(2)15(3)10-18/h5-10H,11-12H2,1-4H3,(H,20,21). The van der Waals surface area contributed by atoms with E-state index in [0.717, 1.165) is 16.8 Å². The molecule has 0 saturated heterocycles. The number of hydrogen-bond donors (Lipinski definition) is 1. The molecule has 0 aliphatic carbocycles. The van der Waals surface area contributed by atoms with Gasteiger partial charge in [0, 0.05) is 5.69 Å². The Morgan fingerprint density at radius 3 is 2.41 bits per heavy atom. The summed E-state index contributed by atoms with van der Waals surface area (Å²) in [6, 6.07) is 12.1. The maximum Gasteiger partial charge on any atom is 0.250 e. The minimum absolute atomic E-state index is 0.0558. The van der Waals surface area contributed by atoms with Crippen LogP contribution in [0.15, 0.2) is 36.4 Å². The lowest BCUT2D eigenvalue weighted by molar-refractivity contribution is -0.121. The van der Waals surface area contributed by atoms with Gasteiger partial charge in [0.15, 0.2) is 0 Å². The van der Waals surface area contributed by atoms with E-state index in [-0.39, 0.29) is 12.5 Å². The molecule has 0 aliphatic heterocycles. The second-order valence-corrected chi connectivity index (χ2v) is 5.77. The van der Waals surface area contributed by atoms with Crippen molar-refractivity contribution in [3.05, 3.63) is 64.2 Å². The molecule has 1 N–H and O–H groups in total. The molecule has 0 aromatic heterocycles. The summed E-state index contributed by atoms with van der Waals surface area (Å²) in [5, 5.41) is 2.86. The third-order valence-corrected chi connectivity index (χ3v) is 3.78. The Hall–Kier alpha value is -2.13. The van der Waals surface area contributed by atoms with Crippen LogP contribution in [0.5, 0.6) is 0 Å². The molecule has 2 aromatic rings. The number of rotatable bonds is 5. The van der Waals surface area contributed by atoms with Gasteiger partial charge in [-0.15, -0.1) is 0 Å². The Kier molecular flexibility index (Phi) is 5.34. The first-order valence-electron chi connectivity index (χ1n) is 7.46. The van der Waals surface area contributed by atoms with Gasteiger partial charge in [0.05, 0.1) is 6.61 Å². The van der Waals surface area contributed by atoms with Gasteiger partial charge in [-0.05, 0) is 62.1 Å². The Balaban J connectivity index is 1.83. The molecular formula is C19H23NO2. The van der Waals surface area contributed by atoms with Gasteiger partial charge in [0.2, 0.25) is 5.91 Å². The molecular weight excluding hydrogens is 274 g/mol. The van der Waals surface area contributed by atoms with E-state index in [1.54, 1.807) is 0 Å². The minimum Gasteiger partial charge on any atom is -0.367 e. The first-order valence-corrected chi connectivity index (χ1v) is 7.46. The van der Waals surface area contributed by atoms with Crippen LogP contribution < -0.4 is 5.32 Å². The molecule has 3 nitrogen and oxygen atoms in total. The molecule has 0 aliphatic rings. The van der Waals surface area contributed by atoms with Crippen LogP contribution in [0.25, 0.3) is 0 Å². The van der Waals surface area contributed by atoms with Crippen LogP contribution in [-0.2, 0) is 16.1 Å². The Morgan fingerprint density at radius 2 is 1.73 bits per heavy atom. The van der Waals surface area contributed by atoms with Gasteiger partial charge in [0.25, 0.3) is 0 Å². The quantitative estimate of drug-likeness (QED) is 0.903. The predicted octanol–water partition coefficient (Wildman–Crippen LogP) is 4.08. The third kappa shape index (κ3) is 4.43. The van der Waals surface area contributed by atoms with E-state index in [2.05, 4.69) is 31.3 Å². The Morgan fingerprint density at radius 1 is 0.955 bits per heavy atom. The number of ether oxygens (including phenoxy) is 1. The number of benzene rings is 2. The number of carbonyl (C=O) groups excluding carboxylic acids is 1. The highest BCUT2D eigenvalue weighted by molar-refractivity contribution is 5.91. The monoisotopic (exact) mass is 297 g/mol. The number of carbonyl (C=O) groups is 1. The zero-order valence-corrected chi connectivity index (χ0v) is 13.7. The van der Waals surface area contributed by atoms with Crippen molar-refractivity contribution in [3.63, 3.8) is 0 Å². The summed E-state index contributed by atoms with van der Waals surface area (Å²) < 4.78 is 5.52. The molecule has 0 spiro atoms. The summed E-state index contributed by atoms with van der Waals surface area (Å²) in [4.78, 5) is 11.9. The molecule has 0 unspecified atom stereocenters. The van der Waals surface area contributed by atoms with E-state index in [1.165, 1.54) is 16.7 Å². The lowest BCUT2D eigenvalue weighted by Crippen LogP contribution is -2.18. The fourth-order valence-corrected chi connectivity index (χ4v) is 2.28. The molecule has 0 bridgehead atoms. The fourth-order valence-electron chi connectivity index (χ4n) is 2.28. The van der Waals surface area contributed by atoms with Crippen LogP contribution in [0, 0.1) is 27.7 Å². The van der Waals surface area contributed by atoms with Gasteiger partial charge < -0.3 is 10.1 Å². The van der Waals surface area contributed by atoms with Gasteiger partial charge in [-0.3, -0.25) is 4.79 Å². The van der Waals surface area contributed by atoms with Gasteiger partial charge in [-0.2, -0.15) is 0 Å². The number of aryl methyl sites for hydroxylation is 4. The minimum atomic E-state index is -0.131. The van der Waals surface area contributed by atoms with Crippen LogP contribution >= 0.6 is 0 Å². The van der Waals surface area contributed by atoms with Crippen LogP contribution in [0.1, 0.15) is 27.8 Å². The molecule has 3 heteroatoms. The summed E-state index contributed by atoms with van der Waals surface area (Å²) in [5.74, 6) is -0.131. The topological polar surface area (TPSA) is 38.3 Å². The molecule has 0 heterocycles. The van der Waals surface area contributed by atoms with E-state index in [1.807, 2.05) is 38.1 Å². The van der Waals surface area contributed by atoms with Gasteiger partial charge >= 0.3 is 0 Å². The van der Waals surface area contributed by atoms with Crippen LogP contribution in [-0.4, -0.2) is 12.5 Å². The summed E-state index contributed by atoms with van der Waals surface area (Å²) in [5.41, 5.74) is 6.72. The Labute approximate surface area is 132 Å². The number of nitrogens with one attached hydrogen (secondary N) is 1. The average Bonchev–Trinajstić information content (AvgIpc) is 2.45. The van der Waals surface area contributed by atoms with Gasteiger partial charge in [-0.25, -0.2) is 0 Å². The van der Waals surface area contributed by atoms with Crippen molar-refractivity contribution >= 4 is 11.6 Å². The highest BCUT2D eigenvalue weighted by Crippen LogP contribution is 2.14. The maximum atomic E-state index is 11.9. The van der Waals surface area contributed by atoms with Crippen molar-refractivity contribution in [2.24, 2.45) is 0 Å². The summed E-state index contributed by atoms with van der Waals surface area (Å²) in [6.07, 6.45) is 0. The smallest absolute Gasteiger partial charge is 0.250 e. The third-order valence-electron chi connectivity index (χ3n) is 3.78. The highest BCUT2D eigenvalue weighted by Gasteiger charge is 2.05. The summed E-state index contributed by atoms with van der Waals surface area (Å²) in [7, 11) is 0. The molecule has 2 rings (SSSR count). The first kappa shape index (κ1) is 16.2. The van der Waals surface area contributed by atoms with E-state index in [9.17, 15) is 4.79 Å². The average molecular weight is 297 g/mol. The molecule has 0 atom stereocenters.